The number of carbonyl (C=O) groups is 2. The molecule has 0 bridgehead atoms. The third kappa shape index (κ3) is 4.59. The highest BCUT2D eigenvalue weighted by molar-refractivity contribution is 5.94. The molecule has 4 aromatic heterocycles. The molecule has 12 heteroatoms. The lowest BCUT2D eigenvalue weighted by Crippen LogP contribution is -2.08. The van der Waals surface area contributed by atoms with Crippen LogP contribution in [-0.4, -0.2) is 57.3 Å². The van der Waals surface area contributed by atoms with Crippen molar-refractivity contribution in [2.45, 2.75) is 12.8 Å². The molecule has 0 amide bonds. The first kappa shape index (κ1) is 22.6. The smallest absolute Gasteiger partial charge is 0.354 e. The molecule has 10 nitrogen and oxygen atoms in total. The Bertz CT molecular complexity index is 1450. The van der Waals surface area contributed by atoms with Gasteiger partial charge in [-0.3, -0.25) is 0 Å². The van der Waals surface area contributed by atoms with E-state index in [1.807, 2.05) is 0 Å². The molecule has 4 aromatic rings. The Balaban J connectivity index is 1.10. The molecular formula is C23H20F2N4O6. The van der Waals surface area contributed by atoms with E-state index < -0.39 is 23.6 Å². The molecular weight excluding hydrogens is 466 g/mol. The van der Waals surface area contributed by atoms with Crippen LogP contribution in [0.25, 0.3) is 22.1 Å². The Morgan fingerprint density at radius 2 is 1.63 bits per heavy atom. The first-order valence-corrected chi connectivity index (χ1v) is 10.8. The summed E-state index contributed by atoms with van der Waals surface area (Å²) in [5.74, 6) is -2.39. The highest BCUT2D eigenvalue weighted by Gasteiger charge is 2.37. The van der Waals surface area contributed by atoms with Gasteiger partial charge in [0.15, 0.2) is 0 Å². The monoisotopic (exact) mass is 486 g/mol. The number of halogens is 2. The van der Waals surface area contributed by atoms with Gasteiger partial charge in [0.2, 0.25) is 11.8 Å². The molecule has 1 saturated carbocycles. The number of fused-ring (bicyclic) bond motifs is 2. The molecule has 0 aliphatic heterocycles. The molecule has 1 aliphatic carbocycles. The number of aromatic carboxylic acids is 1. The summed E-state index contributed by atoms with van der Waals surface area (Å²) in [4.78, 5) is 36.8. The Kier molecular flexibility index (Phi) is 5.71. The van der Waals surface area contributed by atoms with Crippen molar-refractivity contribution in [1.29, 1.82) is 0 Å². The van der Waals surface area contributed by atoms with Crippen molar-refractivity contribution in [2.24, 2.45) is 11.8 Å². The number of aromatic amines is 2. The highest BCUT2D eigenvalue weighted by Crippen LogP contribution is 2.41. The first-order chi connectivity index (χ1) is 16.8. The van der Waals surface area contributed by atoms with E-state index >= 15 is 0 Å². The summed E-state index contributed by atoms with van der Waals surface area (Å²) in [6.45, 7) is 0.478. The van der Waals surface area contributed by atoms with Crippen molar-refractivity contribution in [3.05, 3.63) is 47.3 Å². The fourth-order valence-electron chi connectivity index (χ4n) is 3.93. The second-order valence-corrected chi connectivity index (χ2v) is 8.28. The van der Waals surface area contributed by atoms with Crippen LogP contribution in [0.15, 0.2) is 24.3 Å². The van der Waals surface area contributed by atoms with Crippen molar-refractivity contribution in [3.63, 3.8) is 0 Å². The molecule has 1 unspecified atom stereocenters. The number of hydrogen-bond acceptors (Lipinski definition) is 7. The van der Waals surface area contributed by atoms with Gasteiger partial charge in [-0.15, -0.1) is 0 Å². The van der Waals surface area contributed by atoms with Crippen LogP contribution in [0.4, 0.5) is 8.78 Å². The first-order valence-electron chi connectivity index (χ1n) is 10.8. The lowest BCUT2D eigenvalue weighted by Gasteiger charge is -2.06. The Morgan fingerprint density at radius 3 is 2.31 bits per heavy atom. The lowest BCUT2D eigenvalue weighted by molar-refractivity contribution is 0.0486. The minimum Gasteiger partial charge on any atom is -0.481 e. The predicted octanol–water partition coefficient (Wildman–Crippen LogP) is 3.69. The van der Waals surface area contributed by atoms with Gasteiger partial charge in [0.05, 0.1) is 31.1 Å². The van der Waals surface area contributed by atoms with Crippen molar-refractivity contribution < 1.29 is 37.7 Å². The summed E-state index contributed by atoms with van der Waals surface area (Å²) in [6, 6.07) is 4.78. The van der Waals surface area contributed by atoms with Gasteiger partial charge in [0, 0.05) is 12.1 Å². The summed E-state index contributed by atoms with van der Waals surface area (Å²) in [6.07, 6.45) is 1.47. The summed E-state index contributed by atoms with van der Waals surface area (Å²) < 4.78 is 44.1. The third-order valence-electron chi connectivity index (χ3n) is 5.95. The van der Waals surface area contributed by atoms with E-state index in [4.69, 9.17) is 19.3 Å². The number of aromatic nitrogens is 4. The second-order valence-electron chi connectivity index (χ2n) is 8.28. The molecule has 1 fully saturated rings. The Morgan fingerprint density at radius 1 is 1.00 bits per heavy atom. The van der Waals surface area contributed by atoms with Gasteiger partial charge < -0.3 is 29.3 Å². The minimum absolute atomic E-state index is 0.0575. The summed E-state index contributed by atoms with van der Waals surface area (Å²) >= 11 is 0. The highest BCUT2D eigenvalue weighted by atomic mass is 19.1. The summed E-state index contributed by atoms with van der Waals surface area (Å²) in [5, 5.41) is 9.27. The number of carboxylic acid groups (broad SMARTS) is 1. The van der Waals surface area contributed by atoms with E-state index in [1.165, 1.54) is 19.2 Å². The molecule has 1 aliphatic rings. The topological polar surface area (TPSA) is 139 Å². The van der Waals surface area contributed by atoms with Crippen molar-refractivity contribution in [1.82, 2.24) is 19.9 Å². The molecule has 182 valence electrons. The van der Waals surface area contributed by atoms with Crippen LogP contribution in [-0.2, 0) is 4.74 Å². The zero-order chi connectivity index (χ0) is 24.7. The van der Waals surface area contributed by atoms with Crippen LogP contribution in [0.1, 0.15) is 33.8 Å². The lowest BCUT2D eigenvalue weighted by atomic mass is 10.2. The molecule has 35 heavy (non-hydrogen) atoms. The number of carbonyl (C=O) groups excluding carboxylic acids is 1. The summed E-state index contributed by atoms with van der Waals surface area (Å²) in [5.41, 5.74) is 0.222. The number of methoxy groups -OCH3 is 1. The van der Waals surface area contributed by atoms with Gasteiger partial charge in [-0.2, -0.15) is 9.97 Å². The number of nitrogens with zero attached hydrogens (tertiary/aromatic N) is 2. The van der Waals surface area contributed by atoms with E-state index in [0.717, 1.165) is 18.6 Å². The van der Waals surface area contributed by atoms with Crippen LogP contribution < -0.4 is 9.47 Å². The van der Waals surface area contributed by atoms with Gasteiger partial charge in [0.1, 0.15) is 34.3 Å². The van der Waals surface area contributed by atoms with Crippen LogP contribution in [0.2, 0.25) is 0 Å². The molecule has 3 N–H and O–H groups in total. The zero-order valence-electron chi connectivity index (χ0n) is 18.4. The standard InChI is InChI=1S/C23H20F2N4O6/c1-33-18-7-14(24)13-6-17(27-21(13)28-18)23(32)34-3-2-10-4-11(10)9-35-19-8-15(25)12-5-16(22(30)31)26-20(12)29-19/h5-8,10-11H,2-4,9H2,1H3,(H,26,29)(H,27,28)(H,30,31)/t10?,11-/m1/s1. The van der Waals surface area contributed by atoms with Gasteiger partial charge in [-0.05, 0) is 36.8 Å². The Hall–Kier alpha value is -4.22. The third-order valence-corrected chi connectivity index (χ3v) is 5.95. The molecule has 0 spiro atoms. The average molecular weight is 486 g/mol. The SMILES string of the molecule is COc1cc(F)c2cc(C(=O)OCCC3C[C@@H]3COc3cc(F)c4cc(C(=O)O)[nH]c4n3)[nH]c2n1. The van der Waals surface area contributed by atoms with Gasteiger partial charge in [-0.25, -0.2) is 18.4 Å². The number of H-pyrrole nitrogens is 2. The van der Waals surface area contributed by atoms with E-state index in [9.17, 15) is 18.4 Å². The predicted molar refractivity (Wildman–Crippen MR) is 118 cm³/mol. The molecule has 0 saturated heterocycles. The van der Waals surface area contributed by atoms with E-state index in [1.54, 1.807) is 0 Å². The molecule has 4 heterocycles. The van der Waals surface area contributed by atoms with Crippen LogP contribution in [0, 0.1) is 23.5 Å². The number of hydrogen-bond donors (Lipinski definition) is 3. The molecule has 0 aromatic carbocycles. The zero-order valence-corrected chi connectivity index (χ0v) is 18.4. The van der Waals surface area contributed by atoms with E-state index in [0.29, 0.717) is 13.0 Å². The summed E-state index contributed by atoms with van der Waals surface area (Å²) in [7, 11) is 1.37. The second kappa shape index (κ2) is 8.85. The number of esters is 1. The van der Waals surface area contributed by atoms with Crippen LogP contribution >= 0.6 is 0 Å². The maximum Gasteiger partial charge on any atom is 0.354 e. The average Bonchev–Trinajstić information content (AvgIpc) is 3.21. The van der Waals surface area contributed by atoms with Gasteiger partial charge in [-0.1, -0.05) is 0 Å². The molecule has 0 radical (unpaired) electrons. The normalized spacial score (nSPS) is 17.0. The fraction of sp³-hybridized carbons (Fsp3) is 0.304. The van der Waals surface area contributed by atoms with Crippen molar-refractivity contribution in [3.8, 4) is 11.8 Å². The molecule has 2 atom stereocenters. The van der Waals surface area contributed by atoms with E-state index in [-0.39, 0.29) is 63.7 Å². The van der Waals surface area contributed by atoms with Crippen LogP contribution in [0.5, 0.6) is 11.8 Å². The number of pyridine rings is 2. The minimum atomic E-state index is -1.21. The fourth-order valence-corrected chi connectivity index (χ4v) is 3.93. The Labute approximate surface area is 196 Å². The number of rotatable bonds is 9. The van der Waals surface area contributed by atoms with E-state index in [2.05, 4.69) is 19.9 Å². The maximum absolute atomic E-state index is 14.2. The number of nitrogens with one attached hydrogen (secondary N) is 2. The van der Waals surface area contributed by atoms with Crippen LogP contribution in [0.3, 0.4) is 0 Å². The largest absolute Gasteiger partial charge is 0.481 e. The van der Waals surface area contributed by atoms with Crippen molar-refractivity contribution >= 4 is 34.0 Å². The quantitative estimate of drug-likeness (QED) is 0.305. The molecule has 5 rings (SSSR count). The number of carboxylic acids is 1. The maximum atomic E-state index is 14.2. The number of ether oxygens (including phenoxy) is 3. The van der Waals surface area contributed by atoms with Gasteiger partial charge in [0.25, 0.3) is 0 Å². The van der Waals surface area contributed by atoms with Gasteiger partial charge >= 0.3 is 11.9 Å². The van der Waals surface area contributed by atoms with Crippen molar-refractivity contribution in [2.75, 3.05) is 20.3 Å².